The number of nitrogens with one attached hydrogen (secondary N) is 2. The number of carbonyl (C=O) groups excluding carboxylic acids is 1. The fraction of sp³-hybridized carbons (Fsp3) is 0.588. The minimum Gasteiger partial charge on any atom is -0.353 e. The minimum atomic E-state index is 0.178. The van der Waals surface area contributed by atoms with Crippen LogP contribution in [0.2, 0.25) is 5.02 Å². The summed E-state index contributed by atoms with van der Waals surface area (Å²) in [6.45, 7) is 1.61. The molecule has 3 nitrogen and oxygen atoms in total. The third-order valence-corrected chi connectivity index (χ3v) is 4.21. The molecule has 0 aromatic heterocycles. The Hall–Kier alpha value is -1.06. The van der Waals surface area contributed by atoms with Crippen molar-refractivity contribution in [1.82, 2.24) is 10.6 Å². The second-order valence-electron chi connectivity index (χ2n) is 5.78. The molecular formula is C17H25ClN2O. The molecule has 0 bridgehead atoms. The molecular weight excluding hydrogens is 284 g/mol. The highest BCUT2D eigenvalue weighted by molar-refractivity contribution is 6.30. The van der Waals surface area contributed by atoms with Crippen LogP contribution in [0.1, 0.15) is 44.1 Å². The largest absolute Gasteiger partial charge is 0.353 e. The van der Waals surface area contributed by atoms with Gasteiger partial charge >= 0.3 is 0 Å². The lowest BCUT2D eigenvalue weighted by Crippen LogP contribution is -2.37. The van der Waals surface area contributed by atoms with Crippen LogP contribution >= 0.6 is 11.6 Å². The van der Waals surface area contributed by atoms with Crippen molar-refractivity contribution in [2.24, 2.45) is 0 Å². The average molecular weight is 309 g/mol. The van der Waals surface area contributed by atoms with E-state index < -0.39 is 0 Å². The third-order valence-electron chi connectivity index (χ3n) is 3.98. The van der Waals surface area contributed by atoms with Crippen LogP contribution in [-0.4, -0.2) is 25.0 Å². The van der Waals surface area contributed by atoms with Crippen LogP contribution in [0, 0.1) is 0 Å². The van der Waals surface area contributed by atoms with E-state index in [4.69, 9.17) is 11.6 Å². The van der Waals surface area contributed by atoms with Gasteiger partial charge in [-0.15, -0.1) is 0 Å². The average Bonchev–Trinajstić information content (AvgIpc) is 2.48. The maximum atomic E-state index is 11.8. The number of carbonyl (C=O) groups is 1. The van der Waals surface area contributed by atoms with Crippen molar-refractivity contribution < 1.29 is 4.79 Å². The van der Waals surface area contributed by atoms with Crippen LogP contribution in [0.3, 0.4) is 0 Å². The van der Waals surface area contributed by atoms with Gasteiger partial charge in [0.2, 0.25) is 5.91 Å². The Labute approximate surface area is 132 Å². The number of rotatable bonds is 7. The molecule has 1 saturated carbocycles. The standard InChI is InChI=1S/C17H25ClN2O/c18-15-6-4-5-14(13-15)9-11-19-12-10-17(21)20-16-7-2-1-3-8-16/h4-6,13,16,19H,1-3,7-12H2,(H,20,21). The number of benzene rings is 1. The van der Waals surface area contributed by atoms with Crippen molar-refractivity contribution >= 4 is 17.5 Å². The van der Waals surface area contributed by atoms with Gasteiger partial charge in [-0.05, 0) is 43.5 Å². The van der Waals surface area contributed by atoms with Crippen LogP contribution in [-0.2, 0) is 11.2 Å². The predicted octanol–water partition coefficient (Wildman–Crippen LogP) is 3.31. The van der Waals surface area contributed by atoms with Crippen LogP contribution in [0.4, 0.5) is 0 Å². The van der Waals surface area contributed by atoms with E-state index in [0.717, 1.165) is 37.4 Å². The van der Waals surface area contributed by atoms with Gasteiger partial charge in [-0.25, -0.2) is 0 Å². The maximum absolute atomic E-state index is 11.8. The summed E-state index contributed by atoms with van der Waals surface area (Å²) in [6.07, 6.45) is 7.61. The first-order chi connectivity index (χ1) is 10.2. The zero-order valence-electron chi connectivity index (χ0n) is 12.5. The summed E-state index contributed by atoms with van der Waals surface area (Å²) in [4.78, 5) is 11.8. The Bertz CT molecular complexity index is 444. The molecule has 0 spiro atoms. The number of hydrogen-bond acceptors (Lipinski definition) is 2. The second-order valence-corrected chi connectivity index (χ2v) is 6.22. The molecule has 21 heavy (non-hydrogen) atoms. The topological polar surface area (TPSA) is 41.1 Å². The van der Waals surface area contributed by atoms with E-state index in [1.165, 1.54) is 24.8 Å². The Morgan fingerprint density at radius 3 is 2.76 bits per heavy atom. The molecule has 2 rings (SSSR count). The molecule has 1 aromatic carbocycles. The minimum absolute atomic E-state index is 0.178. The number of amides is 1. The normalized spacial score (nSPS) is 15.9. The lowest BCUT2D eigenvalue weighted by Gasteiger charge is -2.22. The van der Waals surface area contributed by atoms with Crippen molar-refractivity contribution in [3.05, 3.63) is 34.9 Å². The van der Waals surface area contributed by atoms with Gasteiger partial charge in [0.05, 0.1) is 0 Å². The van der Waals surface area contributed by atoms with Crippen LogP contribution in [0.25, 0.3) is 0 Å². The summed E-state index contributed by atoms with van der Waals surface area (Å²) in [5.74, 6) is 0.178. The highest BCUT2D eigenvalue weighted by Gasteiger charge is 2.14. The Morgan fingerprint density at radius 2 is 2.00 bits per heavy atom. The van der Waals surface area contributed by atoms with E-state index in [1.54, 1.807) is 0 Å². The van der Waals surface area contributed by atoms with Gasteiger partial charge in [0.15, 0.2) is 0 Å². The Kier molecular flexibility index (Phi) is 7.04. The fourth-order valence-corrected chi connectivity index (χ4v) is 3.01. The van der Waals surface area contributed by atoms with E-state index in [0.29, 0.717) is 12.5 Å². The molecule has 4 heteroatoms. The summed E-state index contributed by atoms with van der Waals surface area (Å²) in [5, 5.41) is 7.23. The molecule has 116 valence electrons. The van der Waals surface area contributed by atoms with Crippen LogP contribution < -0.4 is 10.6 Å². The quantitative estimate of drug-likeness (QED) is 0.759. The van der Waals surface area contributed by atoms with Crippen LogP contribution in [0.15, 0.2) is 24.3 Å². The monoisotopic (exact) mass is 308 g/mol. The number of hydrogen-bond donors (Lipinski definition) is 2. The highest BCUT2D eigenvalue weighted by Crippen LogP contribution is 2.17. The van der Waals surface area contributed by atoms with Crippen molar-refractivity contribution in [3.63, 3.8) is 0 Å². The Balaban J connectivity index is 1.53. The molecule has 1 amide bonds. The molecule has 0 atom stereocenters. The van der Waals surface area contributed by atoms with Gasteiger partial charge in [-0.3, -0.25) is 4.79 Å². The smallest absolute Gasteiger partial charge is 0.221 e. The molecule has 1 aliphatic carbocycles. The van der Waals surface area contributed by atoms with Crippen molar-refractivity contribution in [2.75, 3.05) is 13.1 Å². The van der Waals surface area contributed by atoms with E-state index in [2.05, 4.69) is 16.7 Å². The molecule has 0 saturated heterocycles. The van der Waals surface area contributed by atoms with Gasteiger partial charge in [-0.1, -0.05) is 43.0 Å². The van der Waals surface area contributed by atoms with Gasteiger partial charge in [0.25, 0.3) is 0 Å². The first-order valence-electron chi connectivity index (χ1n) is 7.98. The van der Waals surface area contributed by atoms with Gasteiger partial charge < -0.3 is 10.6 Å². The molecule has 1 aliphatic rings. The lowest BCUT2D eigenvalue weighted by molar-refractivity contribution is -0.121. The summed E-state index contributed by atoms with van der Waals surface area (Å²) >= 11 is 5.95. The van der Waals surface area contributed by atoms with Crippen LogP contribution in [0.5, 0.6) is 0 Å². The second kappa shape index (κ2) is 9.06. The maximum Gasteiger partial charge on any atom is 0.221 e. The fourth-order valence-electron chi connectivity index (χ4n) is 2.80. The molecule has 1 fully saturated rings. The van der Waals surface area contributed by atoms with Gasteiger partial charge in [0.1, 0.15) is 0 Å². The zero-order chi connectivity index (χ0) is 14.9. The van der Waals surface area contributed by atoms with Gasteiger partial charge in [-0.2, -0.15) is 0 Å². The molecule has 0 unspecified atom stereocenters. The van der Waals surface area contributed by atoms with Crippen molar-refractivity contribution in [1.29, 1.82) is 0 Å². The highest BCUT2D eigenvalue weighted by atomic mass is 35.5. The van der Waals surface area contributed by atoms with Crippen molar-refractivity contribution in [2.45, 2.75) is 51.0 Å². The molecule has 0 heterocycles. The molecule has 0 aliphatic heterocycles. The van der Waals surface area contributed by atoms with E-state index >= 15 is 0 Å². The summed E-state index contributed by atoms with van der Waals surface area (Å²) in [6, 6.07) is 8.32. The lowest BCUT2D eigenvalue weighted by atomic mass is 9.95. The first-order valence-corrected chi connectivity index (χ1v) is 8.36. The third kappa shape index (κ3) is 6.49. The zero-order valence-corrected chi connectivity index (χ0v) is 13.3. The van der Waals surface area contributed by atoms with Crippen molar-refractivity contribution in [3.8, 4) is 0 Å². The summed E-state index contributed by atoms with van der Waals surface area (Å²) in [7, 11) is 0. The molecule has 2 N–H and O–H groups in total. The van der Waals surface area contributed by atoms with Gasteiger partial charge in [0, 0.05) is 24.0 Å². The van der Waals surface area contributed by atoms with E-state index in [9.17, 15) is 4.79 Å². The summed E-state index contributed by atoms with van der Waals surface area (Å²) < 4.78 is 0. The Morgan fingerprint density at radius 1 is 1.19 bits per heavy atom. The SMILES string of the molecule is O=C(CCNCCc1cccc(Cl)c1)NC1CCCCC1. The molecule has 0 radical (unpaired) electrons. The predicted molar refractivity (Wildman–Crippen MR) is 87.7 cm³/mol. The number of halogens is 1. The molecule has 1 aromatic rings. The summed E-state index contributed by atoms with van der Waals surface area (Å²) in [5.41, 5.74) is 1.22. The van der Waals surface area contributed by atoms with E-state index in [1.807, 2.05) is 18.2 Å². The van der Waals surface area contributed by atoms with E-state index in [-0.39, 0.29) is 5.91 Å². The first kappa shape index (κ1) is 16.3.